The lowest BCUT2D eigenvalue weighted by Crippen LogP contribution is -2.29. The molecule has 2 unspecified atom stereocenters. The van der Waals surface area contributed by atoms with Gasteiger partial charge in [-0.15, -0.1) is 11.3 Å². The van der Waals surface area contributed by atoms with Gasteiger partial charge in [-0.1, -0.05) is 27.2 Å². The molecule has 0 amide bonds. The number of thiazole rings is 1. The Labute approximate surface area is 103 Å². The SMILES string of the molecule is CCC(C)CC(CC)NCc1nc(C)cs1. The van der Waals surface area contributed by atoms with Crippen LogP contribution in [0, 0.1) is 12.8 Å². The lowest BCUT2D eigenvalue weighted by Gasteiger charge is -2.19. The van der Waals surface area contributed by atoms with Crippen molar-refractivity contribution in [3.63, 3.8) is 0 Å². The zero-order valence-corrected chi connectivity index (χ0v) is 11.7. The van der Waals surface area contributed by atoms with Crippen LogP contribution in [0.1, 0.15) is 50.7 Å². The molecule has 0 aromatic carbocycles. The van der Waals surface area contributed by atoms with Crippen LogP contribution in [0.5, 0.6) is 0 Å². The fraction of sp³-hybridized carbons (Fsp3) is 0.769. The largest absolute Gasteiger partial charge is 0.308 e. The molecule has 1 N–H and O–H groups in total. The minimum Gasteiger partial charge on any atom is -0.308 e. The molecular weight excluding hydrogens is 216 g/mol. The van der Waals surface area contributed by atoms with Crippen LogP contribution in [0.3, 0.4) is 0 Å². The maximum atomic E-state index is 4.47. The lowest BCUT2D eigenvalue weighted by atomic mass is 9.98. The first kappa shape index (κ1) is 13.7. The Morgan fingerprint density at radius 2 is 2.12 bits per heavy atom. The second-order valence-electron chi connectivity index (χ2n) is 4.62. The van der Waals surface area contributed by atoms with Crippen molar-refractivity contribution >= 4 is 11.3 Å². The van der Waals surface area contributed by atoms with E-state index in [0.717, 1.165) is 18.2 Å². The van der Waals surface area contributed by atoms with Crippen molar-refractivity contribution in [3.05, 3.63) is 16.1 Å². The van der Waals surface area contributed by atoms with Gasteiger partial charge in [-0.05, 0) is 25.7 Å². The molecule has 1 aromatic heterocycles. The quantitative estimate of drug-likeness (QED) is 0.785. The maximum Gasteiger partial charge on any atom is 0.107 e. The first-order valence-corrected chi connectivity index (χ1v) is 7.18. The Balaban J connectivity index is 2.33. The number of hydrogen-bond acceptors (Lipinski definition) is 3. The van der Waals surface area contributed by atoms with Gasteiger partial charge in [0, 0.05) is 23.7 Å². The summed E-state index contributed by atoms with van der Waals surface area (Å²) in [6.45, 7) is 9.83. The van der Waals surface area contributed by atoms with Gasteiger partial charge in [-0.2, -0.15) is 0 Å². The van der Waals surface area contributed by atoms with E-state index < -0.39 is 0 Å². The molecule has 92 valence electrons. The van der Waals surface area contributed by atoms with Crippen LogP contribution in [0.25, 0.3) is 0 Å². The second kappa shape index (κ2) is 7.02. The fourth-order valence-corrected chi connectivity index (χ4v) is 2.48. The van der Waals surface area contributed by atoms with Gasteiger partial charge in [0.25, 0.3) is 0 Å². The summed E-state index contributed by atoms with van der Waals surface area (Å²) in [5.41, 5.74) is 1.14. The van der Waals surface area contributed by atoms with Gasteiger partial charge in [-0.3, -0.25) is 0 Å². The molecule has 1 heterocycles. The third-order valence-electron chi connectivity index (χ3n) is 3.09. The molecule has 2 atom stereocenters. The molecule has 0 aliphatic heterocycles. The molecule has 0 bridgehead atoms. The summed E-state index contributed by atoms with van der Waals surface area (Å²) in [4.78, 5) is 4.47. The predicted molar refractivity (Wildman–Crippen MR) is 71.8 cm³/mol. The molecule has 0 aliphatic carbocycles. The van der Waals surface area contributed by atoms with E-state index in [0.29, 0.717) is 6.04 Å². The average Bonchev–Trinajstić information content (AvgIpc) is 2.69. The highest BCUT2D eigenvalue weighted by Crippen LogP contribution is 2.14. The number of hydrogen-bond donors (Lipinski definition) is 1. The molecule has 0 fully saturated rings. The van der Waals surface area contributed by atoms with E-state index >= 15 is 0 Å². The van der Waals surface area contributed by atoms with Crippen molar-refractivity contribution in [2.45, 2.75) is 59.5 Å². The van der Waals surface area contributed by atoms with Gasteiger partial charge >= 0.3 is 0 Å². The molecule has 0 saturated carbocycles. The minimum atomic E-state index is 0.638. The zero-order valence-electron chi connectivity index (χ0n) is 10.9. The van der Waals surface area contributed by atoms with Gasteiger partial charge in [0.1, 0.15) is 5.01 Å². The van der Waals surface area contributed by atoms with Crippen LogP contribution in [-0.2, 0) is 6.54 Å². The molecule has 1 rings (SSSR count). The van der Waals surface area contributed by atoms with Gasteiger partial charge < -0.3 is 5.32 Å². The first-order chi connectivity index (χ1) is 7.65. The van der Waals surface area contributed by atoms with Crippen LogP contribution in [0.15, 0.2) is 5.38 Å². The van der Waals surface area contributed by atoms with E-state index in [1.54, 1.807) is 11.3 Å². The highest BCUT2D eigenvalue weighted by molar-refractivity contribution is 7.09. The molecule has 16 heavy (non-hydrogen) atoms. The molecule has 0 aliphatic rings. The van der Waals surface area contributed by atoms with Crippen molar-refractivity contribution in [1.82, 2.24) is 10.3 Å². The van der Waals surface area contributed by atoms with Crippen LogP contribution in [-0.4, -0.2) is 11.0 Å². The number of aromatic nitrogens is 1. The van der Waals surface area contributed by atoms with E-state index in [9.17, 15) is 0 Å². The monoisotopic (exact) mass is 240 g/mol. The second-order valence-corrected chi connectivity index (χ2v) is 5.56. The van der Waals surface area contributed by atoms with E-state index in [2.05, 4.69) is 43.4 Å². The van der Waals surface area contributed by atoms with Gasteiger partial charge in [-0.25, -0.2) is 4.98 Å². The molecule has 2 nitrogen and oxygen atoms in total. The summed E-state index contributed by atoms with van der Waals surface area (Å²) in [5, 5.41) is 6.94. The molecule has 1 aromatic rings. The van der Waals surface area contributed by atoms with Crippen molar-refractivity contribution < 1.29 is 0 Å². The summed E-state index contributed by atoms with van der Waals surface area (Å²) in [6, 6.07) is 0.638. The van der Waals surface area contributed by atoms with Crippen molar-refractivity contribution in [2.24, 2.45) is 5.92 Å². The predicted octanol–water partition coefficient (Wildman–Crippen LogP) is 3.76. The smallest absolute Gasteiger partial charge is 0.107 e. The van der Waals surface area contributed by atoms with E-state index in [1.807, 2.05) is 0 Å². The molecular formula is C13H24N2S. The van der Waals surface area contributed by atoms with Crippen molar-refractivity contribution in [3.8, 4) is 0 Å². The highest BCUT2D eigenvalue weighted by Gasteiger charge is 2.10. The Kier molecular flexibility index (Phi) is 5.99. The summed E-state index contributed by atoms with van der Waals surface area (Å²) in [6.07, 6.45) is 3.75. The number of aryl methyl sites for hydroxylation is 1. The van der Waals surface area contributed by atoms with E-state index in [1.165, 1.54) is 24.3 Å². The normalized spacial score (nSPS) is 15.0. The van der Waals surface area contributed by atoms with E-state index in [4.69, 9.17) is 0 Å². The number of nitrogens with zero attached hydrogens (tertiary/aromatic N) is 1. The average molecular weight is 240 g/mol. The zero-order chi connectivity index (χ0) is 12.0. The standard InChI is InChI=1S/C13H24N2S/c1-5-10(3)7-12(6-2)14-8-13-15-11(4)9-16-13/h9-10,12,14H,5-8H2,1-4H3. The van der Waals surface area contributed by atoms with Crippen molar-refractivity contribution in [2.75, 3.05) is 0 Å². The van der Waals surface area contributed by atoms with Crippen LogP contribution >= 0.6 is 11.3 Å². The number of nitrogens with one attached hydrogen (secondary N) is 1. The third-order valence-corrected chi connectivity index (χ3v) is 4.05. The molecule has 0 spiro atoms. The Morgan fingerprint density at radius 3 is 2.62 bits per heavy atom. The Morgan fingerprint density at radius 1 is 1.38 bits per heavy atom. The van der Waals surface area contributed by atoms with Gasteiger partial charge in [0.15, 0.2) is 0 Å². The highest BCUT2D eigenvalue weighted by atomic mass is 32.1. The first-order valence-electron chi connectivity index (χ1n) is 6.30. The lowest BCUT2D eigenvalue weighted by molar-refractivity contribution is 0.384. The summed E-state index contributed by atoms with van der Waals surface area (Å²) >= 11 is 1.75. The third kappa shape index (κ3) is 4.62. The minimum absolute atomic E-state index is 0.638. The fourth-order valence-electron chi connectivity index (χ4n) is 1.76. The van der Waals surface area contributed by atoms with Crippen LogP contribution < -0.4 is 5.32 Å². The van der Waals surface area contributed by atoms with Crippen molar-refractivity contribution in [1.29, 1.82) is 0 Å². The van der Waals surface area contributed by atoms with Gasteiger partial charge in [0.05, 0.1) is 0 Å². The molecule has 0 saturated heterocycles. The Bertz CT molecular complexity index is 296. The van der Waals surface area contributed by atoms with Crippen LogP contribution in [0.2, 0.25) is 0 Å². The maximum absolute atomic E-state index is 4.47. The summed E-state index contributed by atoms with van der Waals surface area (Å²) in [5.74, 6) is 0.815. The van der Waals surface area contributed by atoms with Gasteiger partial charge in [0.2, 0.25) is 0 Å². The molecule has 3 heteroatoms. The van der Waals surface area contributed by atoms with E-state index in [-0.39, 0.29) is 0 Å². The van der Waals surface area contributed by atoms with Crippen LogP contribution in [0.4, 0.5) is 0 Å². The summed E-state index contributed by atoms with van der Waals surface area (Å²) in [7, 11) is 0. The molecule has 0 radical (unpaired) electrons. The topological polar surface area (TPSA) is 24.9 Å². The Hall–Kier alpha value is -0.410. The summed E-state index contributed by atoms with van der Waals surface area (Å²) < 4.78 is 0. The number of rotatable bonds is 7.